The van der Waals surface area contributed by atoms with E-state index in [1.165, 1.54) is 5.56 Å². The Hall–Kier alpha value is -2.29. The molecule has 0 N–H and O–H groups in total. The van der Waals surface area contributed by atoms with Gasteiger partial charge in [0.25, 0.3) is 0 Å². The van der Waals surface area contributed by atoms with E-state index in [-0.39, 0.29) is 12.4 Å². The second-order valence-corrected chi connectivity index (χ2v) is 4.98. The number of esters is 1. The van der Waals surface area contributed by atoms with E-state index in [9.17, 15) is 4.79 Å². The van der Waals surface area contributed by atoms with Gasteiger partial charge in [0.15, 0.2) is 11.5 Å². The van der Waals surface area contributed by atoms with Gasteiger partial charge < -0.3 is 9.47 Å². The number of ether oxygens (including phenoxy) is 2. The number of carbonyl (C=O) groups excluding carboxylic acids is 1. The van der Waals surface area contributed by atoms with Gasteiger partial charge in [0, 0.05) is 0 Å². The molecule has 0 aliphatic heterocycles. The summed E-state index contributed by atoms with van der Waals surface area (Å²) < 4.78 is 10.7. The lowest BCUT2D eigenvalue weighted by atomic mass is 10.1. The fourth-order valence-corrected chi connectivity index (χ4v) is 2.05. The van der Waals surface area contributed by atoms with Gasteiger partial charge in [0.1, 0.15) is 0 Å². The molecule has 0 atom stereocenters. The summed E-state index contributed by atoms with van der Waals surface area (Å²) >= 11 is 0. The van der Waals surface area contributed by atoms with Gasteiger partial charge in [-0.15, -0.1) is 0 Å². The lowest BCUT2D eigenvalue weighted by molar-refractivity contribution is -0.133. The third kappa shape index (κ3) is 4.09. The van der Waals surface area contributed by atoms with Crippen molar-refractivity contribution in [2.75, 3.05) is 7.11 Å². The molecule has 0 heterocycles. The van der Waals surface area contributed by atoms with Crippen LogP contribution in [-0.4, -0.2) is 13.1 Å². The molecule has 21 heavy (non-hydrogen) atoms. The molecule has 2 aromatic carbocycles. The van der Waals surface area contributed by atoms with E-state index in [1.54, 1.807) is 13.2 Å². The van der Waals surface area contributed by atoms with Crippen molar-refractivity contribution in [3.8, 4) is 11.5 Å². The molecular formula is C18H20O3. The maximum absolute atomic E-state index is 12.0. The molecule has 0 unspecified atom stereocenters. The minimum absolute atomic E-state index is 0.249. The largest absolute Gasteiger partial charge is 0.493 e. The maximum atomic E-state index is 12.0. The second kappa shape index (κ2) is 6.93. The molecule has 0 radical (unpaired) electrons. The van der Waals surface area contributed by atoms with Crippen molar-refractivity contribution >= 4 is 5.97 Å². The fraction of sp³-hybridized carbons (Fsp3) is 0.278. The quantitative estimate of drug-likeness (QED) is 0.620. The van der Waals surface area contributed by atoms with E-state index in [0.29, 0.717) is 11.5 Å². The van der Waals surface area contributed by atoms with Crippen LogP contribution in [0.3, 0.4) is 0 Å². The molecule has 0 spiro atoms. The number of rotatable bonds is 5. The van der Waals surface area contributed by atoms with E-state index in [2.05, 4.69) is 6.92 Å². The van der Waals surface area contributed by atoms with Crippen molar-refractivity contribution in [2.24, 2.45) is 0 Å². The van der Waals surface area contributed by atoms with Crippen LogP contribution in [0.1, 0.15) is 23.6 Å². The summed E-state index contributed by atoms with van der Waals surface area (Å²) in [6.07, 6.45) is 1.16. The first-order valence-electron chi connectivity index (χ1n) is 7.05. The molecule has 0 aliphatic rings. The first-order valence-corrected chi connectivity index (χ1v) is 7.05. The maximum Gasteiger partial charge on any atom is 0.315 e. The highest BCUT2D eigenvalue weighted by Crippen LogP contribution is 2.28. The SMILES string of the molecule is CCc1ccc(OC(=O)Cc2ccc(C)cc2)c(OC)c1. The Bertz CT molecular complexity index is 615. The van der Waals surface area contributed by atoms with Gasteiger partial charge in [-0.2, -0.15) is 0 Å². The van der Waals surface area contributed by atoms with Crippen LogP contribution in [0.2, 0.25) is 0 Å². The lowest BCUT2D eigenvalue weighted by Crippen LogP contribution is -2.12. The van der Waals surface area contributed by atoms with Gasteiger partial charge in [0.05, 0.1) is 13.5 Å². The van der Waals surface area contributed by atoms with E-state index in [1.807, 2.05) is 43.3 Å². The smallest absolute Gasteiger partial charge is 0.315 e. The average Bonchev–Trinajstić information content (AvgIpc) is 2.50. The predicted molar refractivity (Wildman–Crippen MR) is 82.9 cm³/mol. The second-order valence-electron chi connectivity index (χ2n) is 4.98. The Labute approximate surface area is 125 Å². The lowest BCUT2D eigenvalue weighted by Gasteiger charge is -2.10. The zero-order valence-electron chi connectivity index (χ0n) is 12.7. The molecule has 0 saturated carbocycles. The van der Waals surface area contributed by atoms with E-state index >= 15 is 0 Å². The third-order valence-electron chi connectivity index (χ3n) is 3.33. The summed E-state index contributed by atoms with van der Waals surface area (Å²) in [6.45, 7) is 4.08. The van der Waals surface area contributed by atoms with Crippen LogP contribution < -0.4 is 9.47 Å². The summed E-state index contributed by atoms with van der Waals surface area (Å²) in [5, 5.41) is 0. The summed E-state index contributed by atoms with van der Waals surface area (Å²) in [5.74, 6) is 0.764. The van der Waals surface area contributed by atoms with Crippen LogP contribution in [-0.2, 0) is 17.6 Å². The molecule has 0 bridgehead atoms. The number of methoxy groups -OCH3 is 1. The van der Waals surface area contributed by atoms with Crippen LogP contribution >= 0.6 is 0 Å². The Morgan fingerprint density at radius 3 is 2.29 bits per heavy atom. The van der Waals surface area contributed by atoms with Crippen LogP contribution in [0.5, 0.6) is 11.5 Å². The number of hydrogen-bond donors (Lipinski definition) is 0. The highest BCUT2D eigenvalue weighted by molar-refractivity contribution is 5.76. The summed E-state index contributed by atoms with van der Waals surface area (Å²) in [5.41, 5.74) is 3.25. The molecular weight excluding hydrogens is 264 g/mol. The predicted octanol–water partition coefficient (Wildman–Crippen LogP) is 3.71. The number of carbonyl (C=O) groups is 1. The van der Waals surface area contributed by atoms with E-state index in [0.717, 1.165) is 17.5 Å². The Balaban J connectivity index is 2.07. The summed E-state index contributed by atoms with van der Waals surface area (Å²) in [6, 6.07) is 13.5. The number of benzene rings is 2. The van der Waals surface area contributed by atoms with Crippen molar-refractivity contribution in [1.29, 1.82) is 0 Å². The van der Waals surface area contributed by atoms with Crippen molar-refractivity contribution < 1.29 is 14.3 Å². The van der Waals surface area contributed by atoms with Crippen LogP contribution in [0, 0.1) is 6.92 Å². The van der Waals surface area contributed by atoms with Gasteiger partial charge in [-0.3, -0.25) is 4.79 Å². The monoisotopic (exact) mass is 284 g/mol. The first kappa shape index (κ1) is 15.1. The number of hydrogen-bond acceptors (Lipinski definition) is 3. The van der Waals surface area contributed by atoms with Crippen molar-refractivity contribution in [1.82, 2.24) is 0 Å². The van der Waals surface area contributed by atoms with Gasteiger partial charge >= 0.3 is 5.97 Å². The minimum atomic E-state index is -0.290. The molecule has 0 aliphatic carbocycles. The fourth-order valence-electron chi connectivity index (χ4n) is 2.05. The van der Waals surface area contributed by atoms with Gasteiger partial charge in [-0.1, -0.05) is 42.8 Å². The molecule has 2 aromatic rings. The molecule has 2 rings (SSSR count). The summed E-state index contributed by atoms with van der Waals surface area (Å²) in [7, 11) is 1.58. The Morgan fingerprint density at radius 2 is 1.67 bits per heavy atom. The molecule has 0 saturated heterocycles. The Morgan fingerprint density at radius 1 is 1.00 bits per heavy atom. The van der Waals surface area contributed by atoms with Crippen molar-refractivity contribution in [3.05, 3.63) is 59.2 Å². The molecule has 110 valence electrons. The van der Waals surface area contributed by atoms with E-state index in [4.69, 9.17) is 9.47 Å². The highest BCUT2D eigenvalue weighted by atomic mass is 16.6. The third-order valence-corrected chi connectivity index (χ3v) is 3.33. The molecule has 0 amide bonds. The molecule has 0 fully saturated rings. The van der Waals surface area contributed by atoms with Gasteiger partial charge in [-0.25, -0.2) is 0 Å². The van der Waals surface area contributed by atoms with Gasteiger partial charge in [0.2, 0.25) is 0 Å². The zero-order chi connectivity index (χ0) is 15.2. The average molecular weight is 284 g/mol. The Kier molecular flexibility index (Phi) is 4.99. The zero-order valence-corrected chi connectivity index (χ0v) is 12.7. The number of aryl methyl sites for hydroxylation is 2. The molecule has 3 heteroatoms. The molecule has 0 aromatic heterocycles. The van der Waals surface area contributed by atoms with Crippen LogP contribution in [0.4, 0.5) is 0 Å². The van der Waals surface area contributed by atoms with Crippen molar-refractivity contribution in [3.63, 3.8) is 0 Å². The first-order chi connectivity index (χ1) is 10.1. The van der Waals surface area contributed by atoms with Gasteiger partial charge in [-0.05, 0) is 36.6 Å². The van der Waals surface area contributed by atoms with Crippen LogP contribution in [0.25, 0.3) is 0 Å². The molecule has 3 nitrogen and oxygen atoms in total. The van der Waals surface area contributed by atoms with Crippen molar-refractivity contribution in [2.45, 2.75) is 26.7 Å². The summed E-state index contributed by atoms with van der Waals surface area (Å²) in [4.78, 5) is 12.0. The normalized spacial score (nSPS) is 10.2. The standard InChI is InChI=1S/C18H20O3/c1-4-14-9-10-16(17(11-14)20-3)21-18(19)12-15-7-5-13(2)6-8-15/h5-11H,4,12H2,1-3H3. The minimum Gasteiger partial charge on any atom is -0.493 e. The van der Waals surface area contributed by atoms with E-state index < -0.39 is 0 Å². The topological polar surface area (TPSA) is 35.5 Å². The van der Waals surface area contributed by atoms with Crippen LogP contribution in [0.15, 0.2) is 42.5 Å². The highest BCUT2D eigenvalue weighted by Gasteiger charge is 2.11.